The van der Waals surface area contributed by atoms with Gasteiger partial charge in [-0.1, -0.05) is 34.1 Å². The predicted molar refractivity (Wildman–Crippen MR) is 80.9 cm³/mol. The largest absolute Gasteiger partial charge is 0.326 e. The van der Waals surface area contributed by atoms with Crippen molar-refractivity contribution in [3.05, 3.63) is 18.0 Å². The van der Waals surface area contributed by atoms with Crippen LogP contribution >= 0.6 is 0 Å². The van der Waals surface area contributed by atoms with Gasteiger partial charge in [0.1, 0.15) is 0 Å². The molecule has 3 unspecified atom stereocenters. The molecule has 1 aromatic heterocycles. The van der Waals surface area contributed by atoms with Gasteiger partial charge in [-0.3, -0.25) is 9.58 Å². The smallest absolute Gasteiger partial charge is 0.0538 e. The van der Waals surface area contributed by atoms with Crippen LogP contribution in [0.1, 0.15) is 52.1 Å². The topological polar surface area (TPSA) is 47.1 Å². The van der Waals surface area contributed by atoms with E-state index in [2.05, 4.69) is 43.9 Å². The van der Waals surface area contributed by atoms with E-state index in [9.17, 15) is 0 Å². The van der Waals surface area contributed by atoms with Crippen molar-refractivity contribution in [1.82, 2.24) is 14.7 Å². The second-order valence-corrected chi connectivity index (χ2v) is 5.57. The van der Waals surface area contributed by atoms with Crippen molar-refractivity contribution in [2.75, 3.05) is 13.1 Å². The summed E-state index contributed by atoms with van der Waals surface area (Å²) in [7, 11) is 1.96. The number of nitrogens with zero attached hydrogens (tertiary/aromatic N) is 3. The fourth-order valence-electron chi connectivity index (χ4n) is 2.51. The molecule has 2 N–H and O–H groups in total. The first kappa shape index (κ1) is 16.2. The Morgan fingerprint density at radius 2 is 2.00 bits per heavy atom. The van der Waals surface area contributed by atoms with E-state index in [1.165, 1.54) is 12.0 Å². The van der Waals surface area contributed by atoms with Crippen LogP contribution in [-0.2, 0) is 7.05 Å². The molecule has 0 spiro atoms. The summed E-state index contributed by atoms with van der Waals surface area (Å²) in [6.07, 6.45) is 6.24. The lowest BCUT2D eigenvalue weighted by Gasteiger charge is -2.35. The van der Waals surface area contributed by atoms with E-state index in [0.29, 0.717) is 5.92 Å². The van der Waals surface area contributed by atoms with Gasteiger partial charge in [0.15, 0.2) is 0 Å². The van der Waals surface area contributed by atoms with Gasteiger partial charge in [-0.05, 0) is 18.9 Å². The molecular weight excluding hydrogens is 236 g/mol. The van der Waals surface area contributed by atoms with Crippen LogP contribution in [0.3, 0.4) is 0 Å². The molecule has 1 heterocycles. The zero-order valence-electron chi connectivity index (χ0n) is 13.1. The van der Waals surface area contributed by atoms with Gasteiger partial charge in [-0.15, -0.1) is 0 Å². The second-order valence-electron chi connectivity index (χ2n) is 5.57. The predicted octanol–water partition coefficient (Wildman–Crippen LogP) is 2.57. The van der Waals surface area contributed by atoms with Crippen molar-refractivity contribution in [1.29, 1.82) is 0 Å². The van der Waals surface area contributed by atoms with Crippen LogP contribution < -0.4 is 5.73 Å². The summed E-state index contributed by atoms with van der Waals surface area (Å²) in [5.74, 6) is 0.697. The van der Waals surface area contributed by atoms with Gasteiger partial charge in [0.2, 0.25) is 0 Å². The van der Waals surface area contributed by atoms with Crippen LogP contribution in [0.25, 0.3) is 0 Å². The van der Waals surface area contributed by atoms with Crippen molar-refractivity contribution >= 4 is 0 Å². The molecule has 4 heteroatoms. The Balaban J connectivity index is 2.94. The number of hydrogen-bond acceptors (Lipinski definition) is 3. The Hall–Kier alpha value is -0.870. The zero-order chi connectivity index (χ0) is 14.4. The van der Waals surface area contributed by atoms with Crippen LogP contribution in [0.4, 0.5) is 0 Å². The molecule has 3 atom stereocenters. The molecule has 0 saturated heterocycles. The molecule has 0 saturated carbocycles. The van der Waals surface area contributed by atoms with Crippen LogP contribution in [-0.4, -0.2) is 33.8 Å². The van der Waals surface area contributed by atoms with Gasteiger partial charge in [-0.25, -0.2) is 0 Å². The standard InChI is InChI=1S/C15H30N4/c1-6-12(4)10-19(8-3)15(14(16)7-2)13-9-17-18(5)11-13/h9,11-12,14-15H,6-8,10,16H2,1-5H3. The second kappa shape index (κ2) is 7.65. The van der Waals surface area contributed by atoms with E-state index in [1.807, 2.05) is 17.9 Å². The van der Waals surface area contributed by atoms with Gasteiger partial charge in [0, 0.05) is 31.4 Å². The van der Waals surface area contributed by atoms with E-state index < -0.39 is 0 Å². The highest BCUT2D eigenvalue weighted by molar-refractivity contribution is 5.13. The molecule has 4 nitrogen and oxygen atoms in total. The Morgan fingerprint density at radius 1 is 1.32 bits per heavy atom. The highest BCUT2D eigenvalue weighted by Gasteiger charge is 2.26. The maximum atomic E-state index is 6.37. The van der Waals surface area contributed by atoms with Crippen molar-refractivity contribution in [3.8, 4) is 0 Å². The van der Waals surface area contributed by atoms with Crippen LogP contribution in [0.5, 0.6) is 0 Å². The van der Waals surface area contributed by atoms with Crippen LogP contribution in [0.2, 0.25) is 0 Å². The van der Waals surface area contributed by atoms with E-state index in [-0.39, 0.29) is 12.1 Å². The summed E-state index contributed by atoms with van der Waals surface area (Å²) in [4.78, 5) is 2.50. The fraction of sp³-hybridized carbons (Fsp3) is 0.800. The SMILES string of the molecule is CCC(C)CN(CC)C(c1cnn(C)c1)C(N)CC. The summed E-state index contributed by atoms with van der Waals surface area (Å²) in [5.41, 5.74) is 7.61. The first-order valence-corrected chi connectivity index (χ1v) is 7.51. The molecule has 1 rings (SSSR count). The molecule has 0 bridgehead atoms. The summed E-state index contributed by atoms with van der Waals surface area (Å²) in [6.45, 7) is 11.1. The molecule has 19 heavy (non-hydrogen) atoms. The molecule has 0 amide bonds. The number of aromatic nitrogens is 2. The Morgan fingerprint density at radius 3 is 2.42 bits per heavy atom. The minimum absolute atomic E-state index is 0.160. The lowest BCUT2D eigenvalue weighted by atomic mass is 9.97. The van der Waals surface area contributed by atoms with Gasteiger partial charge >= 0.3 is 0 Å². The van der Waals surface area contributed by atoms with Crippen molar-refractivity contribution in [3.63, 3.8) is 0 Å². The molecule has 1 aromatic rings. The van der Waals surface area contributed by atoms with E-state index in [4.69, 9.17) is 5.73 Å². The maximum absolute atomic E-state index is 6.37. The monoisotopic (exact) mass is 266 g/mol. The van der Waals surface area contributed by atoms with Gasteiger partial charge < -0.3 is 5.73 Å². The average Bonchev–Trinajstić information content (AvgIpc) is 2.83. The van der Waals surface area contributed by atoms with Crippen molar-refractivity contribution in [2.45, 2.75) is 52.6 Å². The number of aryl methyl sites for hydroxylation is 1. The third kappa shape index (κ3) is 4.32. The van der Waals surface area contributed by atoms with E-state index >= 15 is 0 Å². The molecule has 110 valence electrons. The lowest BCUT2D eigenvalue weighted by Crippen LogP contribution is -2.42. The average molecular weight is 266 g/mol. The third-order valence-corrected chi connectivity index (χ3v) is 3.99. The van der Waals surface area contributed by atoms with Gasteiger partial charge in [0.05, 0.1) is 12.2 Å². The Kier molecular flexibility index (Phi) is 6.52. The van der Waals surface area contributed by atoms with Gasteiger partial charge in [-0.2, -0.15) is 5.10 Å². The zero-order valence-corrected chi connectivity index (χ0v) is 13.1. The number of rotatable bonds is 8. The van der Waals surface area contributed by atoms with Gasteiger partial charge in [0.25, 0.3) is 0 Å². The normalized spacial score (nSPS) is 16.6. The first-order valence-electron chi connectivity index (χ1n) is 7.51. The summed E-state index contributed by atoms with van der Waals surface area (Å²) in [5, 5.41) is 4.30. The van der Waals surface area contributed by atoms with E-state index in [1.54, 1.807) is 0 Å². The quantitative estimate of drug-likeness (QED) is 0.786. The third-order valence-electron chi connectivity index (χ3n) is 3.99. The number of likely N-dealkylation sites (N-methyl/N-ethyl adjacent to an activating group) is 1. The molecule has 0 aromatic carbocycles. The van der Waals surface area contributed by atoms with Crippen molar-refractivity contribution in [2.24, 2.45) is 18.7 Å². The highest BCUT2D eigenvalue weighted by Crippen LogP contribution is 2.25. The summed E-state index contributed by atoms with van der Waals surface area (Å²) < 4.78 is 1.86. The highest BCUT2D eigenvalue weighted by atomic mass is 15.3. The summed E-state index contributed by atoms with van der Waals surface area (Å²) in [6, 6.07) is 0.436. The van der Waals surface area contributed by atoms with Crippen LogP contribution in [0.15, 0.2) is 12.4 Å². The first-order chi connectivity index (χ1) is 9.03. The maximum Gasteiger partial charge on any atom is 0.0538 e. The van der Waals surface area contributed by atoms with Crippen LogP contribution in [0, 0.1) is 5.92 Å². The number of hydrogen-bond donors (Lipinski definition) is 1. The minimum atomic E-state index is 0.160. The van der Waals surface area contributed by atoms with E-state index in [0.717, 1.165) is 19.5 Å². The fourth-order valence-corrected chi connectivity index (χ4v) is 2.51. The molecule has 0 fully saturated rings. The number of nitrogens with two attached hydrogens (primary N) is 1. The molecule has 0 radical (unpaired) electrons. The van der Waals surface area contributed by atoms with Crippen molar-refractivity contribution < 1.29 is 0 Å². The Bertz CT molecular complexity index is 361. The summed E-state index contributed by atoms with van der Waals surface area (Å²) >= 11 is 0. The Labute approximate surface area is 118 Å². The molecule has 0 aliphatic carbocycles. The molecular formula is C15H30N4. The minimum Gasteiger partial charge on any atom is -0.326 e. The molecule has 0 aliphatic rings. The lowest BCUT2D eigenvalue weighted by molar-refractivity contribution is 0.153. The molecule has 0 aliphatic heterocycles.